The molecule has 106 valence electrons. The molecule has 4 rings (SSSR count). The van der Waals surface area contributed by atoms with Crippen LogP contribution in [0.1, 0.15) is 29.7 Å². The second-order valence-electron chi connectivity index (χ2n) is 5.09. The van der Waals surface area contributed by atoms with Gasteiger partial charge in [0, 0.05) is 29.9 Å². The first-order valence-electron chi connectivity index (χ1n) is 7.10. The van der Waals surface area contributed by atoms with E-state index in [1.807, 2.05) is 10.6 Å². The van der Waals surface area contributed by atoms with Crippen molar-refractivity contribution < 1.29 is 0 Å². The number of para-hydroxylation sites is 1. The highest BCUT2D eigenvalue weighted by Crippen LogP contribution is 2.23. The number of hydrogen-bond acceptors (Lipinski definition) is 4. The maximum Gasteiger partial charge on any atom is 0.234 e. The number of H-pyrrole nitrogens is 1. The van der Waals surface area contributed by atoms with Crippen LogP contribution in [0.5, 0.6) is 0 Å². The molecule has 1 aromatic carbocycles. The summed E-state index contributed by atoms with van der Waals surface area (Å²) < 4.78 is 1.89. The van der Waals surface area contributed by atoms with Gasteiger partial charge >= 0.3 is 0 Å². The molecule has 6 heteroatoms. The van der Waals surface area contributed by atoms with Crippen LogP contribution in [0.3, 0.4) is 0 Å². The van der Waals surface area contributed by atoms with E-state index in [1.165, 1.54) is 16.5 Å². The van der Waals surface area contributed by atoms with Crippen molar-refractivity contribution in [2.45, 2.75) is 26.2 Å². The molecule has 1 N–H and O–H groups in total. The molecule has 0 spiro atoms. The topological polar surface area (TPSA) is 58.9 Å². The molecule has 0 radical (unpaired) electrons. The van der Waals surface area contributed by atoms with Gasteiger partial charge in [0.25, 0.3) is 0 Å². The molecule has 0 saturated carbocycles. The molecule has 0 saturated heterocycles. The van der Waals surface area contributed by atoms with Gasteiger partial charge < -0.3 is 4.98 Å². The molecule has 3 aromatic heterocycles. The molecular weight excluding hydrogens is 282 g/mol. The Hall–Kier alpha value is -2.21. The summed E-state index contributed by atoms with van der Waals surface area (Å²) >= 11 is 1.62. The number of aromatic nitrogens is 5. The van der Waals surface area contributed by atoms with E-state index in [4.69, 9.17) is 0 Å². The number of fused-ring (bicyclic) bond motifs is 2. The summed E-state index contributed by atoms with van der Waals surface area (Å²) in [6.45, 7) is 2.14. The van der Waals surface area contributed by atoms with Crippen molar-refractivity contribution in [1.29, 1.82) is 0 Å². The Morgan fingerprint density at radius 3 is 3.05 bits per heavy atom. The zero-order chi connectivity index (χ0) is 14.2. The molecule has 3 heterocycles. The zero-order valence-corrected chi connectivity index (χ0v) is 12.5. The van der Waals surface area contributed by atoms with E-state index in [-0.39, 0.29) is 0 Å². The lowest BCUT2D eigenvalue weighted by Gasteiger charge is -1.95. The molecular formula is C15H15N5S. The van der Waals surface area contributed by atoms with Gasteiger partial charge in [-0.3, -0.25) is 0 Å². The van der Waals surface area contributed by atoms with Gasteiger partial charge in [0.15, 0.2) is 5.82 Å². The Morgan fingerprint density at radius 1 is 1.24 bits per heavy atom. The first-order chi connectivity index (χ1) is 10.3. The summed E-state index contributed by atoms with van der Waals surface area (Å²) in [5.74, 6) is 0.953. The fraction of sp³-hybridized carbons (Fsp3) is 0.267. The third-order valence-corrected chi connectivity index (χ3v) is 4.49. The zero-order valence-electron chi connectivity index (χ0n) is 11.7. The highest BCUT2D eigenvalue weighted by atomic mass is 32.1. The summed E-state index contributed by atoms with van der Waals surface area (Å²) in [6.07, 6.45) is 4.86. The summed E-state index contributed by atoms with van der Waals surface area (Å²) in [7, 11) is 0. The van der Waals surface area contributed by atoms with Crippen LogP contribution in [0.15, 0.2) is 30.5 Å². The van der Waals surface area contributed by atoms with E-state index in [9.17, 15) is 0 Å². The summed E-state index contributed by atoms with van der Waals surface area (Å²) in [5, 5.41) is 15.4. The second kappa shape index (κ2) is 4.96. The predicted octanol–water partition coefficient (Wildman–Crippen LogP) is 3.21. The quantitative estimate of drug-likeness (QED) is 0.629. The van der Waals surface area contributed by atoms with Gasteiger partial charge in [0.1, 0.15) is 5.01 Å². The van der Waals surface area contributed by atoms with Gasteiger partial charge in [-0.25, -0.2) is 0 Å². The Labute approximate surface area is 125 Å². The molecule has 0 aliphatic rings. The predicted molar refractivity (Wildman–Crippen MR) is 83.8 cm³/mol. The number of hydrogen-bond donors (Lipinski definition) is 1. The molecule has 0 fully saturated rings. The highest BCUT2D eigenvalue weighted by Gasteiger charge is 2.12. The van der Waals surface area contributed by atoms with Gasteiger partial charge in [-0.15, -0.1) is 10.2 Å². The van der Waals surface area contributed by atoms with Crippen molar-refractivity contribution in [2.24, 2.45) is 0 Å². The minimum absolute atomic E-state index is 0.823. The number of rotatable bonds is 4. The summed E-state index contributed by atoms with van der Waals surface area (Å²) in [6, 6.07) is 8.35. The fourth-order valence-electron chi connectivity index (χ4n) is 2.59. The molecule has 0 amide bonds. The van der Waals surface area contributed by atoms with Crippen LogP contribution >= 0.6 is 11.3 Å². The van der Waals surface area contributed by atoms with Gasteiger partial charge in [-0.2, -0.15) is 9.61 Å². The maximum atomic E-state index is 4.67. The van der Waals surface area contributed by atoms with E-state index in [2.05, 4.69) is 51.6 Å². The number of nitrogens with one attached hydrogen (secondary N) is 1. The SMILES string of the molecule is CCCc1nnc2sc(Cc3c[nH]c4ccccc34)nn12. The number of aryl methyl sites for hydroxylation is 1. The molecule has 0 aliphatic heterocycles. The Bertz CT molecular complexity index is 901. The van der Waals surface area contributed by atoms with Crippen LogP contribution in [0, 0.1) is 0 Å². The Kier molecular flexibility index (Phi) is 2.96. The van der Waals surface area contributed by atoms with Crippen molar-refractivity contribution >= 4 is 27.2 Å². The lowest BCUT2D eigenvalue weighted by atomic mass is 10.1. The largest absolute Gasteiger partial charge is 0.361 e. The molecule has 21 heavy (non-hydrogen) atoms. The molecule has 0 unspecified atom stereocenters. The summed E-state index contributed by atoms with van der Waals surface area (Å²) in [5.41, 5.74) is 2.44. The van der Waals surface area contributed by atoms with Crippen LogP contribution in [-0.2, 0) is 12.8 Å². The summed E-state index contributed by atoms with van der Waals surface area (Å²) in [4.78, 5) is 4.19. The smallest absolute Gasteiger partial charge is 0.234 e. The van der Waals surface area contributed by atoms with Crippen LogP contribution in [0.4, 0.5) is 0 Å². The molecule has 0 aliphatic carbocycles. The Morgan fingerprint density at radius 2 is 2.14 bits per heavy atom. The number of benzene rings is 1. The monoisotopic (exact) mass is 297 g/mol. The number of nitrogens with zero attached hydrogens (tertiary/aromatic N) is 4. The van der Waals surface area contributed by atoms with Crippen LogP contribution in [0.2, 0.25) is 0 Å². The van der Waals surface area contributed by atoms with Gasteiger partial charge in [0.05, 0.1) is 0 Å². The molecule has 4 aromatic rings. The molecule has 0 bridgehead atoms. The van der Waals surface area contributed by atoms with Crippen LogP contribution in [0.25, 0.3) is 15.9 Å². The van der Waals surface area contributed by atoms with E-state index >= 15 is 0 Å². The van der Waals surface area contributed by atoms with Gasteiger partial charge in [-0.05, 0) is 18.1 Å². The lowest BCUT2D eigenvalue weighted by Crippen LogP contribution is -1.96. The second-order valence-corrected chi connectivity index (χ2v) is 6.13. The first kappa shape index (κ1) is 12.5. The van der Waals surface area contributed by atoms with E-state index in [1.54, 1.807) is 11.3 Å². The van der Waals surface area contributed by atoms with Gasteiger partial charge in [-0.1, -0.05) is 36.5 Å². The lowest BCUT2D eigenvalue weighted by molar-refractivity contribution is 0.767. The van der Waals surface area contributed by atoms with Crippen molar-refractivity contribution in [2.75, 3.05) is 0 Å². The van der Waals surface area contributed by atoms with Crippen molar-refractivity contribution in [3.05, 3.63) is 46.9 Å². The van der Waals surface area contributed by atoms with Crippen molar-refractivity contribution in [3.8, 4) is 0 Å². The standard InChI is InChI=1S/C15H15N5S/c1-2-5-13-17-18-15-20(13)19-14(21-15)8-10-9-16-12-7-4-3-6-11(10)12/h3-4,6-7,9,16H,2,5,8H2,1H3. The molecule has 5 nitrogen and oxygen atoms in total. The third-order valence-electron chi connectivity index (χ3n) is 3.59. The van der Waals surface area contributed by atoms with Crippen LogP contribution < -0.4 is 0 Å². The van der Waals surface area contributed by atoms with Crippen LogP contribution in [-0.4, -0.2) is 24.8 Å². The minimum Gasteiger partial charge on any atom is -0.361 e. The average Bonchev–Trinajstić information content (AvgIpc) is 3.17. The van der Waals surface area contributed by atoms with E-state index in [0.717, 1.165) is 35.1 Å². The fourth-order valence-corrected chi connectivity index (χ4v) is 3.46. The van der Waals surface area contributed by atoms with Crippen molar-refractivity contribution in [1.82, 2.24) is 24.8 Å². The minimum atomic E-state index is 0.823. The van der Waals surface area contributed by atoms with E-state index < -0.39 is 0 Å². The average molecular weight is 297 g/mol. The normalized spacial score (nSPS) is 11.7. The first-order valence-corrected chi connectivity index (χ1v) is 7.92. The Balaban J connectivity index is 1.70. The van der Waals surface area contributed by atoms with Gasteiger partial charge in [0.2, 0.25) is 4.96 Å². The van der Waals surface area contributed by atoms with Crippen molar-refractivity contribution in [3.63, 3.8) is 0 Å². The van der Waals surface area contributed by atoms with E-state index in [0.29, 0.717) is 0 Å². The maximum absolute atomic E-state index is 4.67. The number of aromatic amines is 1. The molecule has 0 atom stereocenters. The third kappa shape index (κ3) is 2.12. The highest BCUT2D eigenvalue weighted by molar-refractivity contribution is 7.16.